The number of carbonyl (C=O) groups excluding carboxylic acids is 1. The number of carbonyl (C=O) groups is 2. The van der Waals surface area contributed by atoms with Gasteiger partial charge in [-0.1, -0.05) is 31.2 Å². The third kappa shape index (κ3) is 3.51. The van der Waals surface area contributed by atoms with E-state index in [2.05, 4.69) is 10.6 Å². The van der Waals surface area contributed by atoms with Gasteiger partial charge in [-0.3, -0.25) is 0 Å². The molecule has 0 aliphatic carbocycles. The van der Waals surface area contributed by atoms with E-state index < -0.39 is 12.0 Å². The van der Waals surface area contributed by atoms with Crippen LogP contribution in [-0.4, -0.2) is 23.1 Å². The summed E-state index contributed by atoms with van der Waals surface area (Å²) in [5.74, 6) is -1.07. The number of benzene rings is 2. The van der Waals surface area contributed by atoms with Gasteiger partial charge in [0.05, 0.1) is 11.3 Å². The Morgan fingerprint density at radius 3 is 2.38 bits per heavy atom. The van der Waals surface area contributed by atoms with Gasteiger partial charge >= 0.3 is 12.0 Å². The van der Waals surface area contributed by atoms with Crippen molar-refractivity contribution in [3.8, 4) is 0 Å². The Hall–Kier alpha value is -2.56. The third-order valence-electron chi connectivity index (χ3n) is 3.35. The van der Waals surface area contributed by atoms with Gasteiger partial charge in [-0.05, 0) is 36.2 Å². The van der Waals surface area contributed by atoms with Gasteiger partial charge in [-0.2, -0.15) is 0 Å². The molecule has 0 saturated carbocycles. The van der Waals surface area contributed by atoms with Crippen molar-refractivity contribution in [2.75, 3.05) is 5.32 Å². The van der Waals surface area contributed by atoms with Crippen molar-refractivity contribution < 1.29 is 14.7 Å². The summed E-state index contributed by atoms with van der Waals surface area (Å²) in [6.07, 6.45) is 0.803. The zero-order valence-corrected chi connectivity index (χ0v) is 12.0. The lowest BCUT2D eigenvalue weighted by molar-refractivity contribution is 0.0698. The number of hydrogen-bond acceptors (Lipinski definition) is 2. The lowest BCUT2D eigenvalue weighted by atomic mass is 10.0. The van der Waals surface area contributed by atoms with Crippen LogP contribution in [0.5, 0.6) is 0 Å². The molecular weight excluding hydrogens is 268 g/mol. The fourth-order valence-electron chi connectivity index (χ4n) is 2.00. The minimum atomic E-state index is -1.07. The monoisotopic (exact) mass is 286 g/mol. The summed E-state index contributed by atoms with van der Waals surface area (Å²) in [6, 6.07) is 10.3. The average Bonchev–Trinajstić information content (AvgIpc) is 2.46. The molecular formula is C16H18N2O3. The molecule has 0 radical (unpaired) electrons. The van der Waals surface area contributed by atoms with E-state index in [0.717, 1.165) is 17.2 Å². The van der Waals surface area contributed by atoms with Crippen LogP contribution in [0.2, 0.25) is 0 Å². The van der Waals surface area contributed by atoms with E-state index in [4.69, 9.17) is 0 Å². The van der Waals surface area contributed by atoms with Crippen LogP contribution in [0.3, 0.4) is 0 Å². The number of anilines is 1. The second kappa shape index (κ2) is 6.26. The van der Waals surface area contributed by atoms with Crippen LogP contribution in [0.25, 0.3) is 10.8 Å². The van der Waals surface area contributed by atoms with E-state index in [1.807, 2.05) is 38.1 Å². The number of amides is 2. The fourth-order valence-corrected chi connectivity index (χ4v) is 2.00. The first-order valence-corrected chi connectivity index (χ1v) is 6.85. The third-order valence-corrected chi connectivity index (χ3v) is 3.35. The number of rotatable bonds is 4. The maximum absolute atomic E-state index is 11.9. The molecule has 2 aromatic carbocycles. The van der Waals surface area contributed by atoms with Crippen molar-refractivity contribution >= 4 is 28.5 Å². The Bertz CT molecular complexity index is 682. The second-order valence-corrected chi connectivity index (χ2v) is 4.96. The number of carboxylic acid groups (broad SMARTS) is 1. The van der Waals surface area contributed by atoms with E-state index in [1.54, 1.807) is 12.1 Å². The molecule has 1 atom stereocenters. The van der Waals surface area contributed by atoms with Gasteiger partial charge in [0, 0.05) is 6.04 Å². The highest BCUT2D eigenvalue weighted by atomic mass is 16.4. The molecule has 110 valence electrons. The molecule has 5 nitrogen and oxygen atoms in total. The van der Waals surface area contributed by atoms with Gasteiger partial charge in [-0.25, -0.2) is 9.59 Å². The molecule has 0 aromatic heterocycles. The van der Waals surface area contributed by atoms with Crippen molar-refractivity contribution in [3.05, 3.63) is 42.0 Å². The lowest BCUT2D eigenvalue weighted by Gasteiger charge is -2.14. The molecule has 0 heterocycles. The molecule has 0 spiro atoms. The molecule has 1 unspecified atom stereocenters. The molecule has 3 N–H and O–H groups in total. The SMILES string of the molecule is CCC(C)NC(=O)Nc1cc2ccccc2cc1C(=O)O. The van der Waals surface area contributed by atoms with Gasteiger partial charge < -0.3 is 15.7 Å². The normalized spacial score (nSPS) is 11.9. The second-order valence-electron chi connectivity index (χ2n) is 4.96. The molecule has 2 aromatic rings. The van der Waals surface area contributed by atoms with E-state index in [1.165, 1.54) is 0 Å². The van der Waals surface area contributed by atoms with Crippen LogP contribution < -0.4 is 10.6 Å². The van der Waals surface area contributed by atoms with Crippen molar-refractivity contribution in [2.45, 2.75) is 26.3 Å². The topological polar surface area (TPSA) is 78.4 Å². The molecule has 5 heteroatoms. The quantitative estimate of drug-likeness (QED) is 0.805. The number of carboxylic acids is 1. The number of hydrogen-bond donors (Lipinski definition) is 3. The highest BCUT2D eigenvalue weighted by Crippen LogP contribution is 2.24. The van der Waals surface area contributed by atoms with Crippen LogP contribution in [0, 0.1) is 0 Å². The van der Waals surface area contributed by atoms with Crippen LogP contribution in [0.1, 0.15) is 30.6 Å². The minimum Gasteiger partial charge on any atom is -0.478 e. The van der Waals surface area contributed by atoms with E-state index >= 15 is 0 Å². The highest BCUT2D eigenvalue weighted by Gasteiger charge is 2.14. The lowest BCUT2D eigenvalue weighted by Crippen LogP contribution is -2.36. The Kier molecular flexibility index (Phi) is 4.42. The predicted molar refractivity (Wildman–Crippen MR) is 82.8 cm³/mol. The zero-order valence-electron chi connectivity index (χ0n) is 12.0. The summed E-state index contributed by atoms with van der Waals surface area (Å²) < 4.78 is 0. The molecule has 0 bridgehead atoms. The van der Waals surface area contributed by atoms with Gasteiger partial charge in [0.2, 0.25) is 0 Å². The van der Waals surface area contributed by atoms with Crippen LogP contribution in [-0.2, 0) is 0 Å². The summed E-state index contributed by atoms with van der Waals surface area (Å²) in [4.78, 5) is 23.2. The number of urea groups is 1. The fraction of sp³-hybridized carbons (Fsp3) is 0.250. The zero-order chi connectivity index (χ0) is 15.4. The molecule has 0 aliphatic rings. The number of nitrogens with one attached hydrogen (secondary N) is 2. The van der Waals surface area contributed by atoms with Gasteiger partial charge in [0.1, 0.15) is 0 Å². The molecule has 0 fully saturated rings. The molecule has 0 aliphatic heterocycles. The Labute approximate surface area is 123 Å². The Morgan fingerprint density at radius 1 is 1.19 bits per heavy atom. The van der Waals surface area contributed by atoms with Crippen molar-refractivity contribution in [1.29, 1.82) is 0 Å². The molecule has 2 amide bonds. The molecule has 2 rings (SSSR count). The van der Waals surface area contributed by atoms with E-state index in [9.17, 15) is 14.7 Å². The average molecular weight is 286 g/mol. The van der Waals surface area contributed by atoms with Crippen molar-refractivity contribution in [3.63, 3.8) is 0 Å². The van der Waals surface area contributed by atoms with Gasteiger partial charge in [0.15, 0.2) is 0 Å². The highest BCUT2D eigenvalue weighted by molar-refractivity contribution is 6.04. The first kappa shape index (κ1) is 14.8. The van der Waals surface area contributed by atoms with Crippen molar-refractivity contribution in [2.24, 2.45) is 0 Å². The summed E-state index contributed by atoms with van der Waals surface area (Å²) in [5.41, 5.74) is 0.370. The summed E-state index contributed by atoms with van der Waals surface area (Å²) in [5, 5.41) is 16.4. The number of fused-ring (bicyclic) bond motifs is 1. The Balaban J connectivity index is 2.35. The number of aromatic carboxylic acids is 1. The summed E-state index contributed by atoms with van der Waals surface area (Å²) in [7, 11) is 0. The Morgan fingerprint density at radius 2 is 1.81 bits per heavy atom. The van der Waals surface area contributed by atoms with Crippen LogP contribution in [0.15, 0.2) is 36.4 Å². The van der Waals surface area contributed by atoms with Crippen LogP contribution >= 0.6 is 0 Å². The van der Waals surface area contributed by atoms with Gasteiger partial charge in [0.25, 0.3) is 0 Å². The van der Waals surface area contributed by atoms with Crippen LogP contribution in [0.4, 0.5) is 10.5 Å². The van der Waals surface area contributed by atoms with E-state index in [0.29, 0.717) is 5.69 Å². The summed E-state index contributed by atoms with van der Waals surface area (Å²) in [6.45, 7) is 3.85. The first-order valence-electron chi connectivity index (χ1n) is 6.85. The first-order chi connectivity index (χ1) is 10.0. The largest absolute Gasteiger partial charge is 0.478 e. The minimum absolute atomic E-state index is 0.0266. The maximum Gasteiger partial charge on any atom is 0.337 e. The standard InChI is InChI=1S/C16H18N2O3/c1-3-10(2)17-16(21)18-14-9-12-7-5-4-6-11(12)8-13(14)15(19)20/h4-10H,3H2,1-2H3,(H,19,20)(H2,17,18,21). The predicted octanol–water partition coefficient (Wildman–Crippen LogP) is 3.46. The van der Waals surface area contributed by atoms with E-state index in [-0.39, 0.29) is 11.6 Å². The maximum atomic E-state index is 11.9. The molecule has 21 heavy (non-hydrogen) atoms. The smallest absolute Gasteiger partial charge is 0.337 e. The molecule has 0 saturated heterocycles. The van der Waals surface area contributed by atoms with Crippen molar-refractivity contribution in [1.82, 2.24) is 5.32 Å². The van der Waals surface area contributed by atoms with Gasteiger partial charge in [-0.15, -0.1) is 0 Å². The summed E-state index contributed by atoms with van der Waals surface area (Å²) >= 11 is 0.